The SMILES string of the molecule is CCOC(=O)c1cccc(NC(=O)N2CC[C@@H](CC(=O)N(C)CC#N)[C@H](CC)C2)c1. The van der Waals surface area contributed by atoms with Crippen molar-refractivity contribution in [1.29, 1.82) is 5.26 Å². The first-order valence-corrected chi connectivity index (χ1v) is 10.3. The second-order valence-electron chi connectivity index (χ2n) is 7.51. The summed E-state index contributed by atoms with van der Waals surface area (Å²) in [6, 6.07) is 8.44. The van der Waals surface area contributed by atoms with Crippen LogP contribution in [0.4, 0.5) is 10.5 Å². The first-order valence-electron chi connectivity index (χ1n) is 10.3. The maximum Gasteiger partial charge on any atom is 0.338 e. The fraction of sp³-hybridized carbons (Fsp3) is 0.545. The number of nitrogens with one attached hydrogen (secondary N) is 1. The molecule has 1 aromatic rings. The Bertz CT molecular complexity index is 805. The van der Waals surface area contributed by atoms with E-state index in [9.17, 15) is 14.4 Å². The van der Waals surface area contributed by atoms with Crippen LogP contribution in [0.3, 0.4) is 0 Å². The second-order valence-corrected chi connectivity index (χ2v) is 7.51. The lowest BCUT2D eigenvalue weighted by molar-refractivity contribution is -0.131. The van der Waals surface area contributed by atoms with Gasteiger partial charge in [0.05, 0.1) is 18.2 Å². The summed E-state index contributed by atoms with van der Waals surface area (Å²) in [5.74, 6) is -0.0465. The van der Waals surface area contributed by atoms with Gasteiger partial charge in [0.15, 0.2) is 0 Å². The average Bonchev–Trinajstić information content (AvgIpc) is 2.74. The summed E-state index contributed by atoms with van der Waals surface area (Å²) in [5.41, 5.74) is 0.925. The second kappa shape index (κ2) is 11.2. The number of nitriles is 1. The van der Waals surface area contributed by atoms with E-state index in [1.54, 1.807) is 43.1 Å². The number of hydrogen-bond acceptors (Lipinski definition) is 5. The van der Waals surface area contributed by atoms with Crippen molar-refractivity contribution in [2.75, 3.05) is 38.6 Å². The molecular formula is C22H30N4O4. The molecule has 1 N–H and O–H groups in total. The van der Waals surface area contributed by atoms with Crippen molar-refractivity contribution in [2.24, 2.45) is 11.8 Å². The molecule has 0 aliphatic carbocycles. The Balaban J connectivity index is 1.96. The number of likely N-dealkylation sites (tertiary alicyclic amines) is 1. The quantitative estimate of drug-likeness (QED) is 0.545. The molecule has 8 nitrogen and oxygen atoms in total. The number of ether oxygens (including phenoxy) is 1. The van der Waals surface area contributed by atoms with Crippen LogP contribution in [0.1, 0.15) is 43.5 Å². The minimum atomic E-state index is -0.425. The third kappa shape index (κ3) is 6.21. The predicted octanol–water partition coefficient (Wildman–Crippen LogP) is 3.12. The Labute approximate surface area is 177 Å². The number of amides is 3. The molecule has 1 fully saturated rings. The molecule has 1 aliphatic rings. The monoisotopic (exact) mass is 414 g/mol. The van der Waals surface area contributed by atoms with Gasteiger partial charge in [-0.15, -0.1) is 0 Å². The van der Waals surface area contributed by atoms with Gasteiger partial charge in [-0.2, -0.15) is 5.26 Å². The Morgan fingerprint density at radius 3 is 2.73 bits per heavy atom. The van der Waals surface area contributed by atoms with Crippen LogP contribution in [0.25, 0.3) is 0 Å². The van der Waals surface area contributed by atoms with Crippen molar-refractivity contribution in [2.45, 2.75) is 33.1 Å². The van der Waals surface area contributed by atoms with E-state index in [1.807, 2.05) is 6.07 Å². The highest BCUT2D eigenvalue weighted by molar-refractivity contribution is 5.94. The highest BCUT2D eigenvalue weighted by atomic mass is 16.5. The number of carbonyl (C=O) groups is 3. The molecule has 2 rings (SSSR count). The summed E-state index contributed by atoms with van der Waals surface area (Å²) in [5, 5.41) is 11.6. The molecule has 1 saturated heterocycles. The molecular weight excluding hydrogens is 384 g/mol. The molecule has 162 valence electrons. The van der Waals surface area contributed by atoms with Crippen LogP contribution < -0.4 is 5.32 Å². The number of nitrogens with zero attached hydrogens (tertiary/aromatic N) is 3. The van der Waals surface area contributed by atoms with Crippen LogP contribution in [-0.4, -0.2) is 61.0 Å². The van der Waals surface area contributed by atoms with E-state index in [4.69, 9.17) is 10.00 Å². The van der Waals surface area contributed by atoms with E-state index < -0.39 is 5.97 Å². The highest BCUT2D eigenvalue weighted by Gasteiger charge is 2.32. The zero-order chi connectivity index (χ0) is 22.1. The normalized spacial score (nSPS) is 18.3. The Kier molecular flexibility index (Phi) is 8.66. The van der Waals surface area contributed by atoms with Crippen LogP contribution in [0.15, 0.2) is 24.3 Å². The highest BCUT2D eigenvalue weighted by Crippen LogP contribution is 2.30. The average molecular weight is 415 g/mol. The predicted molar refractivity (Wildman–Crippen MR) is 113 cm³/mol. The molecule has 8 heteroatoms. The molecule has 2 atom stereocenters. The van der Waals surface area contributed by atoms with Crippen molar-refractivity contribution in [3.8, 4) is 6.07 Å². The molecule has 30 heavy (non-hydrogen) atoms. The van der Waals surface area contributed by atoms with Crippen molar-refractivity contribution < 1.29 is 19.1 Å². The lowest BCUT2D eigenvalue weighted by Gasteiger charge is -2.38. The first kappa shape index (κ1) is 23.2. The fourth-order valence-corrected chi connectivity index (χ4v) is 3.71. The lowest BCUT2D eigenvalue weighted by atomic mass is 9.81. The standard InChI is InChI=1S/C22H30N4O4/c1-4-16-15-26(11-9-17(16)14-20(27)25(3)12-10-23)22(29)24-19-8-6-7-18(13-19)21(28)30-5-2/h6-8,13,16-17H,4-5,9,11-12,14-15H2,1-3H3,(H,24,29)/t16-,17+/m1/s1. The summed E-state index contributed by atoms with van der Waals surface area (Å²) in [4.78, 5) is 40.1. The van der Waals surface area contributed by atoms with Gasteiger partial charge >= 0.3 is 12.0 Å². The third-order valence-corrected chi connectivity index (χ3v) is 5.50. The Morgan fingerprint density at radius 2 is 2.07 bits per heavy atom. The van der Waals surface area contributed by atoms with Gasteiger partial charge in [0.1, 0.15) is 6.54 Å². The van der Waals surface area contributed by atoms with Crippen LogP contribution >= 0.6 is 0 Å². The van der Waals surface area contributed by atoms with Gasteiger partial charge < -0.3 is 19.9 Å². The smallest absolute Gasteiger partial charge is 0.338 e. The molecule has 1 aromatic carbocycles. The van der Waals surface area contributed by atoms with Crippen molar-refractivity contribution >= 4 is 23.6 Å². The van der Waals surface area contributed by atoms with Crippen LogP contribution in [0.5, 0.6) is 0 Å². The molecule has 0 bridgehead atoms. The minimum Gasteiger partial charge on any atom is -0.462 e. The van der Waals surface area contributed by atoms with E-state index in [1.165, 1.54) is 4.90 Å². The van der Waals surface area contributed by atoms with Crippen molar-refractivity contribution in [1.82, 2.24) is 9.80 Å². The van der Waals surface area contributed by atoms with Gasteiger partial charge in [0.25, 0.3) is 0 Å². The largest absolute Gasteiger partial charge is 0.462 e. The van der Waals surface area contributed by atoms with E-state index in [0.29, 0.717) is 30.8 Å². The minimum absolute atomic E-state index is 0.0336. The number of hydrogen-bond donors (Lipinski definition) is 1. The Hall–Kier alpha value is -3.08. The summed E-state index contributed by atoms with van der Waals surface area (Å²) in [7, 11) is 1.64. The number of carbonyl (C=O) groups excluding carboxylic acids is 3. The summed E-state index contributed by atoms with van der Waals surface area (Å²) >= 11 is 0. The molecule has 0 radical (unpaired) electrons. The molecule has 0 unspecified atom stereocenters. The summed E-state index contributed by atoms with van der Waals surface area (Å²) in [6.45, 7) is 5.30. The van der Waals surface area contributed by atoms with Gasteiger partial charge in [0.2, 0.25) is 5.91 Å². The maximum absolute atomic E-state index is 12.7. The number of rotatable bonds is 7. The Morgan fingerprint density at radius 1 is 1.30 bits per heavy atom. The van der Waals surface area contributed by atoms with E-state index in [2.05, 4.69) is 12.2 Å². The molecule has 3 amide bonds. The van der Waals surface area contributed by atoms with Gasteiger partial charge in [-0.3, -0.25) is 4.79 Å². The van der Waals surface area contributed by atoms with Gasteiger partial charge in [-0.25, -0.2) is 9.59 Å². The molecule has 0 saturated carbocycles. The number of benzene rings is 1. The fourth-order valence-electron chi connectivity index (χ4n) is 3.71. The van der Waals surface area contributed by atoms with Crippen LogP contribution in [-0.2, 0) is 9.53 Å². The van der Waals surface area contributed by atoms with E-state index in [-0.39, 0.29) is 36.9 Å². The van der Waals surface area contributed by atoms with Crippen LogP contribution in [0.2, 0.25) is 0 Å². The zero-order valence-electron chi connectivity index (χ0n) is 17.9. The molecule has 0 aromatic heterocycles. The van der Waals surface area contributed by atoms with Crippen molar-refractivity contribution in [3.05, 3.63) is 29.8 Å². The summed E-state index contributed by atoms with van der Waals surface area (Å²) < 4.78 is 5.00. The molecule has 1 heterocycles. The summed E-state index contributed by atoms with van der Waals surface area (Å²) in [6.07, 6.45) is 2.00. The number of urea groups is 1. The van der Waals surface area contributed by atoms with E-state index >= 15 is 0 Å². The molecule has 1 aliphatic heterocycles. The van der Waals surface area contributed by atoms with Gasteiger partial charge in [-0.05, 0) is 43.4 Å². The first-order chi connectivity index (χ1) is 14.4. The van der Waals surface area contributed by atoms with Gasteiger partial charge in [0, 0.05) is 32.2 Å². The topological polar surface area (TPSA) is 103 Å². The van der Waals surface area contributed by atoms with Gasteiger partial charge in [-0.1, -0.05) is 19.4 Å². The third-order valence-electron chi connectivity index (χ3n) is 5.50. The number of esters is 1. The van der Waals surface area contributed by atoms with Crippen molar-refractivity contribution in [3.63, 3.8) is 0 Å². The lowest BCUT2D eigenvalue weighted by Crippen LogP contribution is -2.46. The number of piperidine rings is 1. The zero-order valence-corrected chi connectivity index (χ0v) is 17.9. The maximum atomic E-state index is 12.7. The van der Waals surface area contributed by atoms with Crippen LogP contribution in [0, 0.1) is 23.2 Å². The molecule has 0 spiro atoms. The van der Waals surface area contributed by atoms with E-state index in [0.717, 1.165) is 12.8 Å². The number of anilines is 1.